The van der Waals surface area contributed by atoms with Gasteiger partial charge in [-0.1, -0.05) is 12.1 Å². The SMILES string of the molecule is CONC(=O)c1ccc(Nc2ncc(C(F)(F)F)c(Nc3ccccc3P(=O)(OC)OC)n2)cc1. The third-order valence-electron chi connectivity index (χ3n) is 4.63. The van der Waals surface area contributed by atoms with Crippen LogP contribution in [0.2, 0.25) is 0 Å². The number of hydroxylamine groups is 1. The van der Waals surface area contributed by atoms with Gasteiger partial charge in [-0.15, -0.1) is 0 Å². The van der Waals surface area contributed by atoms with Crippen molar-refractivity contribution in [3.05, 3.63) is 65.9 Å². The van der Waals surface area contributed by atoms with Crippen molar-refractivity contribution in [3.63, 3.8) is 0 Å². The largest absolute Gasteiger partial charge is 0.421 e. The molecule has 2 aromatic carbocycles. The average molecular weight is 511 g/mol. The summed E-state index contributed by atoms with van der Waals surface area (Å²) >= 11 is 0. The minimum atomic E-state index is -4.78. The van der Waals surface area contributed by atoms with Crippen LogP contribution in [0.25, 0.3) is 0 Å². The summed E-state index contributed by atoms with van der Waals surface area (Å²) in [7, 11) is -0.167. The molecule has 0 atom stereocenters. The molecule has 14 heteroatoms. The van der Waals surface area contributed by atoms with Crippen LogP contribution in [0.1, 0.15) is 15.9 Å². The van der Waals surface area contributed by atoms with E-state index in [0.717, 1.165) is 0 Å². The van der Waals surface area contributed by atoms with Crippen LogP contribution in [0.5, 0.6) is 0 Å². The topological polar surface area (TPSA) is 124 Å². The lowest BCUT2D eigenvalue weighted by atomic mass is 10.2. The molecule has 1 aromatic heterocycles. The molecular formula is C21H21F3N5O5P. The number of halogens is 3. The Hall–Kier alpha value is -3.51. The van der Waals surface area contributed by atoms with Crippen molar-refractivity contribution in [2.45, 2.75) is 6.18 Å². The van der Waals surface area contributed by atoms with Gasteiger partial charge in [0.05, 0.1) is 18.1 Å². The molecule has 0 unspecified atom stereocenters. The zero-order chi connectivity index (χ0) is 25.6. The molecule has 0 aliphatic rings. The van der Waals surface area contributed by atoms with Crippen LogP contribution in [-0.2, 0) is 24.6 Å². The third-order valence-corrected chi connectivity index (χ3v) is 6.57. The zero-order valence-electron chi connectivity index (χ0n) is 18.7. The van der Waals surface area contributed by atoms with Gasteiger partial charge in [-0.2, -0.15) is 18.2 Å². The number of amides is 1. The molecule has 0 saturated heterocycles. The van der Waals surface area contributed by atoms with E-state index in [2.05, 4.69) is 30.9 Å². The molecule has 0 spiro atoms. The van der Waals surface area contributed by atoms with Crippen LogP contribution < -0.4 is 21.4 Å². The van der Waals surface area contributed by atoms with Gasteiger partial charge in [0.15, 0.2) is 0 Å². The van der Waals surface area contributed by atoms with Crippen molar-refractivity contribution < 1.29 is 36.4 Å². The maximum Gasteiger partial charge on any atom is 0.421 e. The summed E-state index contributed by atoms with van der Waals surface area (Å²) in [5.74, 6) is -1.22. The minimum absolute atomic E-state index is 0.0242. The van der Waals surface area contributed by atoms with E-state index in [0.29, 0.717) is 17.4 Å². The molecule has 0 aliphatic carbocycles. The molecule has 3 aromatic rings. The molecule has 1 amide bonds. The fourth-order valence-corrected chi connectivity index (χ4v) is 4.18. The molecule has 0 bridgehead atoms. The molecular weight excluding hydrogens is 490 g/mol. The van der Waals surface area contributed by atoms with E-state index in [1.807, 2.05) is 0 Å². The standard InChI is InChI=1S/C21H21F3N5O5P/c1-32-29-19(30)13-8-10-14(11-9-13)26-20-25-12-15(21(22,23)24)18(28-20)27-16-6-4-5-7-17(16)35(31,33-2)34-3/h4-12H,1-3H3,(H,29,30)(H2,25,26,27,28). The zero-order valence-corrected chi connectivity index (χ0v) is 19.6. The second kappa shape index (κ2) is 10.8. The van der Waals surface area contributed by atoms with Crippen molar-refractivity contribution in [2.24, 2.45) is 0 Å². The number of para-hydroxylation sites is 1. The maximum atomic E-state index is 13.7. The highest BCUT2D eigenvalue weighted by Gasteiger charge is 2.36. The summed E-state index contributed by atoms with van der Waals surface area (Å²) in [5, 5.41) is 5.38. The van der Waals surface area contributed by atoms with E-state index in [4.69, 9.17) is 9.05 Å². The number of carbonyl (C=O) groups excluding carboxylic acids is 1. The van der Waals surface area contributed by atoms with Crippen LogP contribution in [0.15, 0.2) is 54.7 Å². The first-order valence-corrected chi connectivity index (χ1v) is 11.4. The van der Waals surface area contributed by atoms with Gasteiger partial charge in [0, 0.05) is 31.7 Å². The number of nitrogens with one attached hydrogen (secondary N) is 3. The number of anilines is 4. The first-order chi connectivity index (χ1) is 16.6. The van der Waals surface area contributed by atoms with Gasteiger partial charge in [0.1, 0.15) is 11.4 Å². The first kappa shape index (κ1) is 26.1. The molecule has 35 heavy (non-hydrogen) atoms. The van der Waals surface area contributed by atoms with Gasteiger partial charge < -0.3 is 19.7 Å². The quantitative estimate of drug-likeness (QED) is 0.284. The molecule has 10 nitrogen and oxygen atoms in total. The molecule has 0 aliphatic heterocycles. The lowest BCUT2D eigenvalue weighted by Gasteiger charge is -2.20. The van der Waals surface area contributed by atoms with E-state index < -0.39 is 31.1 Å². The van der Waals surface area contributed by atoms with Crippen molar-refractivity contribution in [1.29, 1.82) is 0 Å². The Labute approximate surface area is 198 Å². The number of benzene rings is 2. The van der Waals surface area contributed by atoms with Crippen LogP contribution >= 0.6 is 7.60 Å². The van der Waals surface area contributed by atoms with Crippen molar-refractivity contribution in [3.8, 4) is 0 Å². The summed E-state index contributed by atoms with van der Waals surface area (Å²) in [6.45, 7) is 0. The van der Waals surface area contributed by atoms with Crippen LogP contribution in [0, 0.1) is 0 Å². The number of hydrogen-bond donors (Lipinski definition) is 3. The van der Waals surface area contributed by atoms with Gasteiger partial charge in [-0.05, 0) is 36.4 Å². The Morgan fingerprint density at radius 3 is 2.23 bits per heavy atom. The van der Waals surface area contributed by atoms with Crippen molar-refractivity contribution in [2.75, 3.05) is 32.0 Å². The Balaban J connectivity index is 1.96. The van der Waals surface area contributed by atoms with Gasteiger partial charge in [-0.25, -0.2) is 10.5 Å². The van der Waals surface area contributed by atoms with Crippen LogP contribution in [0.4, 0.5) is 36.3 Å². The first-order valence-electron chi connectivity index (χ1n) is 9.84. The van der Waals surface area contributed by atoms with Gasteiger partial charge >= 0.3 is 13.8 Å². The highest BCUT2D eigenvalue weighted by molar-refractivity contribution is 7.62. The van der Waals surface area contributed by atoms with E-state index >= 15 is 0 Å². The summed E-state index contributed by atoms with van der Waals surface area (Å²) < 4.78 is 63.8. The van der Waals surface area contributed by atoms with Gasteiger partial charge in [0.25, 0.3) is 5.91 Å². The van der Waals surface area contributed by atoms with Crippen molar-refractivity contribution in [1.82, 2.24) is 15.4 Å². The predicted octanol–water partition coefficient (Wildman–Crippen LogP) is 4.39. The highest BCUT2D eigenvalue weighted by atomic mass is 31.2. The van der Waals surface area contributed by atoms with E-state index in [-0.39, 0.29) is 16.9 Å². The monoisotopic (exact) mass is 511 g/mol. The normalized spacial score (nSPS) is 11.7. The van der Waals surface area contributed by atoms with Crippen LogP contribution in [-0.4, -0.2) is 37.2 Å². The van der Waals surface area contributed by atoms with E-state index in [1.54, 1.807) is 6.07 Å². The second-order valence-electron chi connectivity index (χ2n) is 6.80. The molecule has 3 rings (SSSR count). The Kier molecular flexibility index (Phi) is 8.07. The van der Waals surface area contributed by atoms with Crippen molar-refractivity contribution >= 4 is 41.9 Å². The molecule has 0 fully saturated rings. The molecule has 1 heterocycles. The molecule has 0 saturated carbocycles. The summed E-state index contributed by atoms with van der Waals surface area (Å²) in [5.41, 5.74) is 1.78. The smallest absolute Gasteiger partial charge is 0.339 e. The fraction of sp³-hybridized carbons (Fsp3) is 0.190. The number of nitrogens with zero attached hydrogens (tertiary/aromatic N) is 2. The fourth-order valence-electron chi connectivity index (χ4n) is 2.95. The van der Waals surface area contributed by atoms with Gasteiger partial charge in [-0.3, -0.25) is 14.2 Å². The van der Waals surface area contributed by atoms with Gasteiger partial charge in [0.2, 0.25) is 5.95 Å². The average Bonchev–Trinajstić information content (AvgIpc) is 2.84. The lowest BCUT2D eigenvalue weighted by Crippen LogP contribution is -2.21. The third kappa shape index (κ3) is 6.14. The van der Waals surface area contributed by atoms with Crippen LogP contribution in [0.3, 0.4) is 0 Å². The molecule has 186 valence electrons. The minimum Gasteiger partial charge on any atom is -0.339 e. The summed E-state index contributed by atoms with van der Waals surface area (Å²) in [4.78, 5) is 24.0. The van der Waals surface area contributed by atoms with E-state index in [9.17, 15) is 22.5 Å². The molecule has 0 radical (unpaired) electrons. The summed E-state index contributed by atoms with van der Waals surface area (Å²) in [6, 6.07) is 11.9. The number of rotatable bonds is 9. The Morgan fingerprint density at radius 2 is 1.63 bits per heavy atom. The number of aromatic nitrogens is 2. The highest BCUT2D eigenvalue weighted by Crippen LogP contribution is 2.47. The Bertz CT molecular complexity index is 1230. The predicted molar refractivity (Wildman–Crippen MR) is 122 cm³/mol. The number of hydrogen-bond acceptors (Lipinski definition) is 9. The molecule has 3 N–H and O–H groups in total. The maximum absolute atomic E-state index is 13.7. The summed E-state index contributed by atoms with van der Waals surface area (Å²) in [6.07, 6.45) is -4.16. The number of carbonyl (C=O) groups is 1. The second-order valence-corrected chi connectivity index (χ2v) is 9.00. The lowest BCUT2D eigenvalue weighted by molar-refractivity contribution is -0.137. The van der Waals surface area contributed by atoms with E-state index in [1.165, 1.54) is 63.8 Å². The number of alkyl halides is 3. The Morgan fingerprint density at radius 1 is 0.971 bits per heavy atom.